The minimum atomic E-state index is -1.07. The van der Waals surface area contributed by atoms with E-state index in [4.69, 9.17) is 17.3 Å². The predicted octanol–water partition coefficient (Wildman–Crippen LogP) is 2.26. The number of carbonyl (C=O) groups excluding carboxylic acids is 1. The fraction of sp³-hybridized carbons (Fsp3) is 0.0833. The molecule has 0 saturated carbocycles. The van der Waals surface area contributed by atoms with E-state index in [-0.39, 0.29) is 23.2 Å². The van der Waals surface area contributed by atoms with Crippen molar-refractivity contribution in [2.24, 2.45) is 5.73 Å². The van der Waals surface area contributed by atoms with Gasteiger partial charge in [0.05, 0.1) is 5.56 Å². The van der Waals surface area contributed by atoms with Gasteiger partial charge in [-0.2, -0.15) is 4.98 Å². The molecule has 0 aliphatic heterocycles. The lowest BCUT2D eigenvalue weighted by Crippen LogP contribution is -2.17. The van der Waals surface area contributed by atoms with Crippen LogP contribution in [0.25, 0.3) is 0 Å². The standard InChI is InChI=1S/C12H8ClF3N4O/c13-12-19-4-7(10(17)21)11(20-12)18-3-6-8(15)1-5(14)2-9(6)16/h1-2,4H,3H2,(H2,17,21)(H,18,19,20). The van der Waals surface area contributed by atoms with Crippen molar-refractivity contribution in [1.29, 1.82) is 0 Å². The number of benzene rings is 1. The number of aromatic nitrogens is 2. The van der Waals surface area contributed by atoms with Crippen LogP contribution in [0.1, 0.15) is 15.9 Å². The summed E-state index contributed by atoms with van der Waals surface area (Å²) in [6.45, 7) is -0.383. The van der Waals surface area contributed by atoms with Crippen LogP contribution >= 0.6 is 11.6 Å². The summed E-state index contributed by atoms with van der Waals surface area (Å²) in [5, 5.41) is 2.34. The second kappa shape index (κ2) is 5.96. The number of halogens is 4. The van der Waals surface area contributed by atoms with Crippen LogP contribution in [0.15, 0.2) is 18.3 Å². The first-order valence-electron chi connectivity index (χ1n) is 5.58. The average molecular weight is 317 g/mol. The molecular weight excluding hydrogens is 309 g/mol. The summed E-state index contributed by atoms with van der Waals surface area (Å²) >= 11 is 5.57. The van der Waals surface area contributed by atoms with E-state index < -0.39 is 28.9 Å². The zero-order valence-corrected chi connectivity index (χ0v) is 11.1. The minimum absolute atomic E-state index is 0.0781. The van der Waals surface area contributed by atoms with Gasteiger partial charge in [-0.1, -0.05) is 0 Å². The highest BCUT2D eigenvalue weighted by atomic mass is 35.5. The van der Waals surface area contributed by atoms with E-state index in [9.17, 15) is 18.0 Å². The molecule has 0 radical (unpaired) electrons. The quantitative estimate of drug-likeness (QED) is 0.848. The number of carbonyl (C=O) groups is 1. The van der Waals surface area contributed by atoms with E-state index >= 15 is 0 Å². The van der Waals surface area contributed by atoms with Crippen LogP contribution in [0.2, 0.25) is 5.28 Å². The first-order chi connectivity index (χ1) is 9.88. The van der Waals surface area contributed by atoms with E-state index in [0.29, 0.717) is 12.1 Å². The molecule has 110 valence electrons. The first-order valence-corrected chi connectivity index (χ1v) is 5.96. The zero-order valence-electron chi connectivity index (χ0n) is 10.3. The number of anilines is 1. The molecule has 2 aromatic rings. The summed E-state index contributed by atoms with van der Waals surface area (Å²) in [6.07, 6.45) is 1.08. The molecule has 9 heteroatoms. The van der Waals surface area contributed by atoms with Crippen LogP contribution < -0.4 is 11.1 Å². The molecule has 1 aromatic heterocycles. The van der Waals surface area contributed by atoms with E-state index in [1.165, 1.54) is 0 Å². The topological polar surface area (TPSA) is 80.9 Å². The number of rotatable bonds is 4. The Labute approximate surface area is 122 Å². The highest BCUT2D eigenvalue weighted by Crippen LogP contribution is 2.18. The Hall–Kier alpha value is -2.35. The molecule has 0 atom stereocenters. The molecule has 0 spiro atoms. The van der Waals surface area contributed by atoms with Crippen molar-refractivity contribution >= 4 is 23.3 Å². The normalized spacial score (nSPS) is 10.5. The monoisotopic (exact) mass is 316 g/mol. The summed E-state index contributed by atoms with van der Waals surface area (Å²) in [5.74, 6) is -4.09. The van der Waals surface area contributed by atoms with Crippen LogP contribution in [0.5, 0.6) is 0 Å². The van der Waals surface area contributed by atoms with Gasteiger partial charge in [-0.05, 0) is 11.6 Å². The van der Waals surface area contributed by atoms with Gasteiger partial charge in [0.15, 0.2) is 0 Å². The van der Waals surface area contributed by atoms with Crippen LogP contribution in [-0.4, -0.2) is 15.9 Å². The number of nitrogens with two attached hydrogens (primary N) is 1. The minimum Gasteiger partial charge on any atom is -0.365 e. The fourth-order valence-electron chi connectivity index (χ4n) is 1.59. The highest BCUT2D eigenvalue weighted by Gasteiger charge is 2.15. The molecule has 1 heterocycles. The molecule has 1 aromatic carbocycles. The summed E-state index contributed by atoms with van der Waals surface area (Å²) < 4.78 is 39.8. The molecule has 0 aliphatic rings. The Bertz CT molecular complexity index is 688. The predicted molar refractivity (Wildman–Crippen MR) is 69.2 cm³/mol. The van der Waals surface area contributed by atoms with Gasteiger partial charge in [-0.25, -0.2) is 18.2 Å². The van der Waals surface area contributed by atoms with Gasteiger partial charge >= 0.3 is 0 Å². The molecule has 21 heavy (non-hydrogen) atoms. The van der Waals surface area contributed by atoms with Crippen molar-refractivity contribution in [3.63, 3.8) is 0 Å². The lowest BCUT2D eigenvalue weighted by atomic mass is 10.2. The third-order valence-electron chi connectivity index (χ3n) is 2.56. The summed E-state index contributed by atoms with van der Waals surface area (Å²) in [4.78, 5) is 18.5. The molecule has 2 rings (SSSR count). The van der Waals surface area contributed by atoms with Crippen LogP contribution in [0.4, 0.5) is 19.0 Å². The molecule has 0 bridgehead atoms. The average Bonchev–Trinajstić information content (AvgIpc) is 2.37. The number of amides is 1. The summed E-state index contributed by atoms with van der Waals surface area (Å²) in [7, 11) is 0. The van der Waals surface area contributed by atoms with Gasteiger partial charge in [-0.3, -0.25) is 4.79 Å². The Morgan fingerprint density at radius 2 is 1.90 bits per heavy atom. The molecular formula is C12H8ClF3N4O. The van der Waals surface area contributed by atoms with Crippen molar-refractivity contribution in [2.45, 2.75) is 6.54 Å². The Kier molecular flexibility index (Phi) is 4.27. The second-order valence-electron chi connectivity index (χ2n) is 3.97. The van der Waals surface area contributed by atoms with Gasteiger partial charge in [0.25, 0.3) is 5.91 Å². The van der Waals surface area contributed by atoms with Gasteiger partial charge in [0, 0.05) is 30.4 Å². The van der Waals surface area contributed by atoms with Crippen molar-refractivity contribution in [3.05, 3.63) is 52.2 Å². The van der Waals surface area contributed by atoms with Gasteiger partial charge in [0.2, 0.25) is 5.28 Å². The summed E-state index contributed by atoms with van der Waals surface area (Å²) in [5.41, 5.74) is 4.60. The molecule has 0 aliphatic carbocycles. The lowest BCUT2D eigenvalue weighted by molar-refractivity contribution is 0.100. The van der Waals surface area contributed by atoms with Gasteiger partial charge < -0.3 is 11.1 Å². The van der Waals surface area contributed by atoms with Crippen LogP contribution in [-0.2, 0) is 6.54 Å². The number of hydrogen-bond donors (Lipinski definition) is 2. The van der Waals surface area contributed by atoms with Crippen molar-refractivity contribution in [1.82, 2.24) is 9.97 Å². The van der Waals surface area contributed by atoms with E-state index in [0.717, 1.165) is 6.20 Å². The highest BCUT2D eigenvalue weighted by molar-refractivity contribution is 6.28. The summed E-state index contributed by atoms with van der Waals surface area (Å²) in [6, 6.07) is 1.09. The van der Waals surface area contributed by atoms with Crippen molar-refractivity contribution in [2.75, 3.05) is 5.32 Å². The number of hydrogen-bond acceptors (Lipinski definition) is 4. The van der Waals surface area contributed by atoms with Gasteiger partial charge in [-0.15, -0.1) is 0 Å². The molecule has 0 saturated heterocycles. The first kappa shape index (κ1) is 15.0. The SMILES string of the molecule is NC(=O)c1cnc(Cl)nc1NCc1c(F)cc(F)cc1F. The van der Waals surface area contributed by atoms with E-state index in [2.05, 4.69) is 15.3 Å². The maximum Gasteiger partial charge on any atom is 0.254 e. The molecule has 0 fully saturated rings. The maximum absolute atomic E-state index is 13.5. The Morgan fingerprint density at radius 3 is 2.48 bits per heavy atom. The molecule has 3 N–H and O–H groups in total. The van der Waals surface area contributed by atoms with Crippen molar-refractivity contribution < 1.29 is 18.0 Å². The third-order valence-corrected chi connectivity index (χ3v) is 2.75. The number of primary amides is 1. The Balaban J connectivity index is 2.28. The number of nitrogens with one attached hydrogen (secondary N) is 1. The smallest absolute Gasteiger partial charge is 0.254 e. The van der Waals surface area contributed by atoms with E-state index in [1.54, 1.807) is 0 Å². The largest absolute Gasteiger partial charge is 0.365 e. The Morgan fingerprint density at radius 1 is 1.29 bits per heavy atom. The van der Waals surface area contributed by atoms with Crippen molar-refractivity contribution in [3.8, 4) is 0 Å². The molecule has 1 amide bonds. The number of nitrogens with zero attached hydrogens (tertiary/aromatic N) is 2. The molecule has 5 nitrogen and oxygen atoms in total. The maximum atomic E-state index is 13.5. The lowest BCUT2D eigenvalue weighted by Gasteiger charge is -2.10. The van der Waals surface area contributed by atoms with Crippen LogP contribution in [0, 0.1) is 17.5 Å². The zero-order chi connectivity index (χ0) is 15.6. The van der Waals surface area contributed by atoms with E-state index in [1.807, 2.05) is 0 Å². The second-order valence-corrected chi connectivity index (χ2v) is 4.31. The fourth-order valence-corrected chi connectivity index (χ4v) is 1.72. The van der Waals surface area contributed by atoms with Gasteiger partial charge in [0.1, 0.15) is 23.3 Å². The van der Waals surface area contributed by atoms with Crippen LogP contribution in [0.3, 0.4) is 0 Å². The molecule has 0 unspecified atom stereocenters. The third kappa shape index (κ3) is 3.40.